The average Bonchev–Trinajstić information content (AvgIpc) is 2.62. The molecule has 0 spiro atoms. The van der Waals surface area contributed by atoms with E-state index >= 15 is 0 Å². The summed E-state index contributed by atoms with van der Waals surface area (Å²) in [6, 6.07) is 11.5. The first-order valence-corrected chi connectivity index (χ1v) is 8.76. The Morgan fingerprint density at radius 1 is 1.20 bits per heavy atom. The summed E-state index contributed by atoms with van der Waals surface area (Å²) in [5.74, 6) is -0.180. The Kier molecular flexibility index (Phi) is 7.69. The maximum absolute atomic E-state index is 12.2. The van der Waals surface area contributed by atoms with Gasteiger partial charge in [-0.2, -0.15) is 10.5 Å². The van der Waals surface area contributed by atoms with Crippen LogP contribution in [0.5, 0.6) is 0 Å². The highest BCUT2D eigenvalue weighted by Crippen LogP contribution is 2.20. The summed E-state index contributed by atoms with van der Waals surface area (Å²) in [6.45, 7) is 4.24. The predicted octanol–water partition coefficient (Wildman–Crippen LogP) is 2.34. The molecule has 132 valence electrons. The molecule has 1 aromatic rings. The van der Waals surface area contributed by atoms with Crippen molar-refractivity contribution in [2.24, 2.45) is 5.92 Å². The van der Waals surface area contributed by atoms with E-state index in [2.05, 4.69) is 27.3 Å². The molecule has 1 aliphatic rings. The number of amides is 1. The molecule has 2 rings (SSSR count). The minimum atomic E-state index is -0.102. The molecule has 0 aromatic heterocycles. The van der Waals surface area contributed by atoms with E-state index in [0.717, 1.165) is 26.2 Å². The fraction of sp³-hybridized carbons (Fsp3) is 0.500. The van der Waals surface area contributed by atoms with E-state index in [9.17, 15) is 4.79 Å². The van der Waals surface area contributed by atoms with Gasteiger partial charge in [0, 0.05) is 39.1 Å². The van der Waals surface area contributed by atoms with Crippen molar-refractivity contribution in [2.45, 2.75) is 12.8 Å². The molecule has 1 N–H and O–H groups in total. The monoisotopic (exact) mass is 359 g/mol. The molecule has 1 heterocycles. The molecule has 25 heavy (non-hydrogen) atoms. The van der Waals surface area contributed by atoms with E-state index < -0.39 is 0 Å². The second-order valence-electron chi connectivity index (χ2n) is 6.13. The van der Waals surface area contributed by atoms with E-state index in [0.29, 0.717) is 36.6 Å². The van der Waals surface area contributed by atoms with Crippen molar-refractivity contribution >= 4 is 23.2 Å². The molecule has 0 aliphatic carbocycles. The Balaban J connectivity index is 1.73. The van der Waals surface area contributed by atoms with Crippen LogP contribution in [0.4, 0.5) is 5.69 Å². The van der Waals surface area contributed by atoms with Crippen LogP contribution >= 0.6 is 11.6 Å². The number of carbonyl (C=O) groups is 1. The number of hydrogen-bond donors (Lipinski definition) is 1. The van der Waals surface area contributed by atoms with Crippen LogP contribution < -0.4 is 5.32 Å². The van der Waals surface area contributed by atoms with Crippen LogP contribution in [0.15, 0.2) is 24.3 Å². The quantitative estimate of drug-likeness (QED) is 0.807. The number of rotatable bonds is 7. The highest BCUT2D eigenvalue weighted by atomic mass is 35.5. The lowest BCUT2D eigenvalue weighted by atomic mass is 10.0. The molecule has 6 nitrogen and oxygen atoms in total. The molecular weight excluding hydrogens is 338 g/mol. The number of hydrogen-bond acceptors (Lipinski definition) is 5. The summed E-state index contributed by atoms with van der Waals surface area (Å²) in [6.07, 6.45) is 1.04. The van der Waals surface area contributed by atoms with Crippen LogP contribution in [0, 0.1) is 28.6 Å². The molecule has 1 aromatic carbocycles. The highest BCUT2D eigenvalue weighted by molar-refractivity contribution is 6.33. The van der Waals surface area contributed by atoms with Gasteiger partial charge >= 0.3 is 0 Å². The van der Waals surface area contributed by atoms with Crippen molar-refractivity contribution in [2.75, 3.05) is 44.6 Å². The molecule has 0 radical (unpaired) electrons. The van der Waals surface area contributed by atoms with Crippen molar-refractivity contribution < 1.29 is 4.79 Å². The Morgan fingerprint density at radius 2 is 1.88 bits per heavy atom. The van der Waals surface area contributed by atoms with Crippen molar-refractivity contribution in [1.82, 2.24) is 9.80 Å². The standard InChI is InChI=1S/C18H22ClN5O/c19-16-5-1-2-6-17(16)22-18(25)14-24-10-8-23(9-11-24)13-15(12-21)4-3-7-20/h1-2,5-6,15H,3-4,8-11,13-14H2,(H,22,25)/t15-/m0/s1. The number of carbonyl (C=O) groups excluding carboxylic acids is 1. The number of piperazine rings is 1. The summed E-state index contributed by atoms with van der Waals surface area (Å²) >= 11 is 6.05. The number of anilines is 1. The summed E-state index contributed by atoms with van der Waals surface area (Å²) in [5, 5.41) is 21.2. The minimum absolute atomic E-state index is 0.0783. The zero-order valence-electron chi connectivity index (χ0n) is 14.1. The van der Waals surface area contributed by atoms with Crippen molar-refractivity contribution in [3.63, 3.8) is 0 Å². The van der Waals surface area contributed by atoms with Gasteiger partial charge in [-0.3, -0.25) is 14.6 Å². The summed E-state index contributed by atoms with van der Waals surface area (Å²) < 4.78 is 0. The van der Waals surface area contributed by atoms with Gasteiger partial charge in [0.05, 0.1) is 35.3 Å². The zero-order valence-corrected chi connectivity index (χ0v) is 14.9. The van der Waals surface area contributed by atoms with Crippen LogP contribution in [0.2, 0.25) is 5.02 Å². The molecule has 1 fully saturated rings. The second-order valence-corrected chi connectivity index (χ2v) is 6.53. The van der Waals surface area contributed by atoms with Crippen molar-refractivity contribution in [3.05, 3.63) is 29.3 Å². The lowest BCUT2D eigenvalue weighted by Crippen LogP contribution is -2.49. The van der Waals surface area contributed by atoms with Gasteiger partial charge in [-0.05, 0) is 18.6 Å². The maximum atomic E-state index is 12.2. The summed E-state index contributed by atoms with van der Waals surface area (Å²) in [5.41, 5.74) is 0.627. The SMILES string of the molecule is N#CCC[C@@H](C#N)CN1CCN(CC(=O)Nc2ccccc2Cl)CC1. The van der Waals surface area contributed by atoms with E-state index in [4.69, 9.17) is 22.1 Å². The molecule has 0 bridgehead atoms. The number of halogens is 1. The fourth-order valence-corrected chi connectivity index (χ4v) is 3.02. The first-order chi connectivity index (χ1) is 12.1. The third-order valence-corrected chi connectivity index (χ3v) is 4.58. The van der Waals surface area contributed by atoms with Crippen LogP contribution in [0.3, 0.4) is 0 Å². The Hall–Kier alpha value is -2.12. The summed E-state index contributed by atoms with van der Waals surface area (Å²) in [7, 11) is 0. The molecule has 1 saturated heterocycles. The van der Waals surface area contributed by atoms with Crippen LogP contribution in [0.1, 0.15) is 12.8 Å². The van der Waals surface area contributed by atoms with Gasteiger partial charge in [0.25, 0.3) is 0 Å². The average molecular weight is 360 g/mol. The van der Waals surface area contributed by atoms with Crippen molar-refractivity contribution in [3.8, 4) is 12.1 Å². The van der Waals surface area contributed by atoms with Gasteiger partial charge in [0.2, 0.25) is 5.91 Å². The van der Waals surface area contributed by atoms with Gasteiger partial charge in [0.1, 0.15) is 0 Å². The van der Waals surface area contributed by atoms with Gasteiger partial charge in [-0.15, -0.1) is 0 Å². The molecule has 1 aliphatic heterocycles. The fourth-order valence-electron chi connectivity index (χ4n) is 2.83. The number of nitrogens with one attached hydrogen (secondary N) is 1. The van der Waals surface area contributed by atoms with Crippen molar-refractivity contribution in [1.29, 1.82) is 10.5 Å². The van der Waals surface area contributed by atoms with Gasteiger partial charge in [-0.25, -0.2) is 0 Å². The molecule has 7 heteroatoms. The Bertz CT molecular complexity index is 658. The molecule has 0 saturated carbocycles. The smallest absolute Gasteiger partial charge is 0.238 e. The number of benzene rings is 1. The predicted molar refractivity (Wildman–Crippen MR) is 96.9 cm³/mol. The summed E-state index contributed by atoms with van der Waals surface area (Å²) in [4.78, 5) is 16.5. The number of nitrogens with zero attached hydrogens (tertiary/aromatic N) is 4. The first-order valence-electron chi connectivity index (χ1n) is 8.38. The second kappa shape index (κ2) is 10.0. The lowest BCUT2D eigenvalue weighted by Gasteiger charge is -2.35. The molecule has 1 amide bonds. The number of para-hydroxylation sites is 1. The topological polar surface area (TPSA) is 83.2 Å². The minimum Gasteiger partial charge on any atom is -0.324 e. The lowest BCUT2D eigenvalue weighted by molar-refractivity contribution is -0.117. The normalized spacial score (nSPS) is 16.6. The Morgan fingerprint density at radius 3 is 2.52 bits per heavy atom. The van der Waals surface area contributed by atoms with Crippen LogP contribution in [-0.4, -0.2) is 55.0 Å². The Labute approximate surface area is 153 Å². The van der Waals surface area contributed by atoms with Crippen LogP contribution in [0.25, 0.3) is 0 Å². The third kappa shape index (κ3) is 6.36. The number of nitriles is 2. The zero-order chi connectivity index (χ0) is 18.1. The molecular formula is C18H22ClN5O. The molecule has 1 atom stereocenters. The highest BCUT2D eigenvalue weighted by Gasteiger charge is 2.21. The third-order valence-electron chi connectivity index (χ3n) is 4.25. The van der Waals surface area contributed by atoms with E-state index in [1.807, 2.05) is 12.1 Å². The van der Waals surface area contributed by atoms with Gasteiger partial charge in [-0.1, -0.05) is 23.7 Å². The maximum Gasteiger partial charge on any atom is 0.238 e. The van der Waals surface area contributed by atoms with E-state index in [-0.39, 0.29) is 11.8 Å². The van der Waals surface area contributed by atoms with Gasteiger partial charge < -0.3 is 5.32 Å². The first kappa shape index (κ1) is 19.2. The van der Waals surface area contributed by atoms with Gasteiger partial charge in [0.15, 0.2) is 0 Å². The van der Waals surface area contributed by atoms with E-state index in [1.54, 1.807) is 12.1 Å². The van der Waals surface area contributed by atoms with E-state index in [1.165, 1.54) is 0 Å². The molecule has 0 unspecified atom stereocenters. The largest absolute Gasteiger partial charge is 0.324 e. The van der Waals surface area contributed by atoms with Crippen LogP contribution in [-0.2, 0) is 4.79 Å².